The molecular weight excluding hydrogens is 580 g/mol. The zero-order valence-corrected chi connectivity index (χ0v) is 27.0. The summed E-state index contributed by atoms with van der Waals surface area (Å²) in [5.74, 6) is -3.15. The van der Waals surface area contributed by atoms with Crippen LogP contribution in [0.5, 0.6) is 0 Å². The molecule has 2 saturated carbocycles. The maximum atomic E-state index is 13.1. The molecule has 45 heavy (non-hydrogen) atoms. The zero-order chi connectivity index (χ0) is 33.5. The third-order valence-electron chi connectivity index (χ3n) is 9.99. The first-order chi connectivity index (χ1) is 20.9. The van der Waals surface area contributed by atoms with Crippen LogP contribution in [0.15, 0.2) is 59.7 Å². The summed E-state index contributed by atoms with van der Waals surface area (Å²) >= 11 is 0. The van der Waals surface area contributed by atoms with E-state index in [2.05, 4.69) is 6.58 Å². The number of fused-ring (bicyclic) bond motifs is 2. The van der Waals surface area contributed by atoms with Gasteiger partial charge in [-0.05, 0) is 61.5 Å². The Morgan fingerprint density at radius 3 is 2.09 bits per heavy atom. The van der Waals surface area contributed by atoms with Crippen molar-refractivity contribution in [3.05, 3.63) is 65.3 Å². The van der Waals surface area contributed by atoms with Crippen LogP contribution in [-0.2, 0) is 38.1 Å². The van der Waals surface area contributed by atoms with Gasteiger partial charge in [-0.2, -0.15) is 0 Å². The smallest absolute Gasteiger partial charge is 0.331 e. The van der Waals surface area contributed by atoms with Crippen LogP contribution in [0.1, 0.15) is 73.3 Å². The minimum absolute atomic E-state index is 0.00440. The van der Waals surface area contributed by atoms with Crippen LogP contribution in [0.3, 0.4) is 0 Å². The molecule has 3 aliphatic carbocycles. The molecule has 244 valence electrons. The minimum Gasteiger partial charge on any atom is -0.462 e. The fraction of sp³-hybridized carbons (Fsp3) is 0.543. The van der Waals surface area contributed by atoms with Gasteiger partial charge in [0.15, 0.2) is 0 Å². The molecule has 2 fully saturated rings. The summed E-state index contributed by atoms with van der Waals surface area (Å²) in [7, 11) is 0. The number of hydrogen-bond acceptors (Lipinski definition) is 10. The zero-order valence-electron chi connectivity index (χ0n) is 27.0. The van der Waals surface area contributed by atoms with Crippen molar-refractivity contribution < 1.29 is 48.3 Å². The first kappa shape index (κ1) is 34.1. The Labute approximate surface area is 264 Å². The molecule has 4 rings (SSSR count). The topological polar surface area (TPSA) is 146 Å². The summed E-state index contributed by atoms with van der Waals surface area (Å²) in [5, 5.41) is 24.0. The molecule has 10 nitrogen and oxygen atoms in total. The first-order valence-corrected chi connectivity index (χ1v) is 15.2. The maximum Gasteiger partial charge on any atom is 0.331 e. The van der Waals surface area contributed by atoms with Gasteiger partial charge in [-0.3, -0.25) is 14.4 Å². The monoisotopic (exact) mass is 624 g/mol. The van der Waals surface area contributed by atoms with Crippen molar-refractivity contribution in [2.24, 2.45) is 16.7 Å². The molecule has 2 N–H and O–H groups in total. The second-order valence-corrected chi connectivity index (χ2v) is 13.2. The number of carbonyl (C=O) groups excluding carboxylic acids is 4. The third kappa shape index (κ3) is 6.35. The van der Waals surface area contributed by atoms with Crippen molar-refractivity contribution >= 4 is 30.0 Å². The van der Waals surface area contributed by atoms with Crippen LogP contribution in [0.25, 0.3) is 6.08 Å². The predicted molar refractivity (Wildman–Crippen MR) is 164 cm³/mol. The van der Waals surface area contributed by atoms with Crippen molar-refractivity contribution in [3.8, 4) is 0 Å². The summed E-state index contributed by atoms with van der Waals surface area (Å²) in [4.78, 5) is 50.2. The Kier molecular flexibility index (Phi) is 9.52. The Bertz CT molecular complexity index is 1420. The SMILES string of the molecule is C=C1[C@@H](OC(=O)/C=C/c2ccccc2)C[C@H](OC(C)=O)[C@]2(C)[C@@H]1C[C@]1(C(C)(C)O)C[C@H](OC(C)=O)C(C)=C1[C@@H](O)[C@@H]2OC(C)=O. The lowest BCUT2D eigenvalue weighted by molar-refractivity contribution is -0.197. The quantitative estimate of drug-likeness (QED) is 0.196. The molecule has 0 aliphatic heterocycles. The van der Waals surface area contributed by atoms with Crippen LogP contribution in [0.4, 0.5) is 0 Å². The normalized spacial score (nSPS) is 33.1. The summed E-state index contributed by atoms with van der Waals surface area (Å²) in [6.07, 6.45) is -2.16. The van der Waals surface area contributed by atoms with Gasteiger partial charge in [0.1, 0.15) is 30.5 Å². The van der Waals surface area contributed by atoms with E-state index in [0.717, 1.165) is 5.56 Å². The lowest BCUT2D eigenvalue weighted by atomic mass is 9.56. The van der Waals surface area contributed by atoms with Crippen LogP contribution in [0.2, 0.25) is 0 Å². The number of aliphatic hydroxyl groups is 2. The molecule has 0 radical (unpaired) electrons. The minimum atomic E-state index is -1.48. The molecule has 0 amide bonds. The molecule has 1 aromatic rings. The summed E-state index contributed by atoms with van der Waals surface area (Å²) in [6.45, 7) is 14.8. The second kappa shape index (κ2) is 12.6. The average molecular weight is 625 g/mol. The van der Waals surface area contributed by atoms with E-state index in [1.165, 1.54) is 26.8 Å². The Hall–Kier alpha value is -3.76. The van der Waals surface area contributed by atoms with Gasteiger partial charge < -0.3 is 29.2 Å². The van der Waals surface area contributed by atoms with E-state index < -0.39 is 76.7 Å². The summed E-state index contributed by atoms with van der Waals surface area (Å²) in [5.41, 5.74) is -1.73. The number of benzene rings is 1. The molecule has 10 heteroatoms. The standard InChI is InChI=1S/C35H44O10/c1-19-25-17-35(33(6,7)41)18-27(42-21(3)36)20(2)30(35)31(40)32(44-23(5)38)34(25,8)28(43-22(4)37)16-26(19)45-29(39)15-14-24-12-10-9-11-13-24/h9-15,25-28,31-32,40-41H,1,16-18H2,2-8H3/b15-14+/t25-,26+,27+,28+,31-,32+,34+,35+/m1/s1. The molecule has 0 heterocycles. The Morgan fingerprint density at radius 2 is 1.53 bits per heavy atom. The van der Waals surface area contributed by atoms with Crippen molar-refractivity contribution in [2.75, 3.05) is 0 Å². The molecule has 0 bridgehead atoms. The van der Waals surface area contributed by atoms with Crippen molar-refractivity contribution in [3.63, 3.8) is 0 Å². The molecule has 3 aliphatic rings. The fourth-order valence-corrected chi connectivity index (χ4v) is 7.80. The highest BCUT2D eigenvalue weighted by molar-refractivity contribution is 5.87. The van der Waals surface area contributed by atoms with Gasteiger partial charge in [-0.1, -0.05) is 43.8 Å². The van der Waals surface area contributed by atoms with Gasteiger partial charge in [-0.15, -0.1) is 0 Å². The van der Waals surface area contributed by atoms with Crippen molar-refractivity contribution in [1.82, 2.24) is 0 Å². The Balaban J connectivity index is 1.86. The molecule has 8 atom stereocenters. The molecular formula is C35H44O10. The molecule has 0 aromatic heterocycles. The Morgan fingerprint density at radius 1 is 0.933 bits per heavy atom. The second-order valence-electron chi connectivity index (χ2n) is 13.2. The average Bonchev–Trinajstić information content (AvgIpc) is 3.17. The van der Waals surface area contributed by atoms with Crippen LogP contribution >= 0.6 is 0 Å². The lowest BCUT2D eigenvalue weighted by Crippen LogP contribution is -2.59. The van der Waals surface area contributed by atoms with E-state index in [9.17, 15) is 29.4 Å². The number of carbonyl (C=O) groups is 4. The third-order valence-corrected chi connectivity index (χ3v) is 9.99. The van der Waals surface area contributed by atoms with E-state index in [0.29, 0.717) is 16.7 Å². The number of hydrogen-bond donors (Lipinski definition) is 2. The van der Waals surface area contributed by atoms with Gasteiger partial charge in [-0.25, -0.2) is 4.79 Å². The number of aliphatic hydroxyl groups excluding tert-OH is 1. The van der Waals surface area contributed by atoms with Crippen molar-refractivity contribution in [1.29, 1.82) is 0 Å². The predicted octanol–water partition coefficient (Wildman–Crippen LogP) is 4.23. The van der Waals surface area contributed by atoms with Crippen LogP contribution in [-0.4, -0.2) is 70.2 Å². The summed E-state index contributed by atoms with van der Waals surface area (Å²) in [6, 6.07) is 9.23. The van der Waals surface area contributed by atoms with Gasteiger partial charge in [0.25, 0.3) is 0 Å². The highest BCUT2D eigenvalue weighted by Crippen LogP contribution is 2.65. The number of rotatable bonds is 7. The van der Waals surface area contributed by atoms with E-state index in [-0.39, 0.29) is 19.3 Å². The first-order valence-electron chi connectivity index (χ1n) is 15.2. The van der Waals surface area contributed by atoms with Gasteiger partial charge in [0.2, 0.25) is 0 Å². The van der Waals surface area contributed by atoms with Gasteiger partial charge >= 0.3 is 23.9 Å². The molecule has 0 saturated heterocycles. The van der Waals surface area contributed by atoms with E-state index in [1.807, 2.05) is 30.3 Å². The summed E-state index contributed by atoms with van der Waals surface area (Å²) < 4.78 is 23.3. The molecule has 1 aromatic carbocycles. The van der Waals surface area contributed by atoms with E-state index >= 15 is 0 Å². The molecule has 0 unspecified atom stereocenters. The highest BCUT2D eigenvalue weighted by atomic mass is 16.6. The number of ether oxygens (including phenoxy) is 4. The highest BCUT2D eigenvalue weighted by Gasteiger charge is 2.68. The van der Waals surface area contributed by atoms with Crippen LogP contribution in [0, 0.1) is 16.7 Å². The van der Waals surface area contributed by atoms with Crippen molar-refractivity contribution in [2.45, 2.75) is 104 Å². The van der Waals surface area contributed by atoms with Gasteiger partial charge in [0, 0.05) is 45.1 Å². The fourth-order valence-electron chi connectivity index (χ4n) is 7.80. The largest absolute Gasteiger partial charge is 0.462 e. The molecule has 0 spiro atoms. The number of esters is 4. The van der Waals surface area contributed by atoms with Gasteiger partial charge in [0.05, 0.1) is 11.0 Å². The van der Waals surface area contributed by atoms with E-state index in [4.69, 9.17) is 18.9 Å². The van der Waals surface area contributed by atoms with E-state index in [1.54, 1.807) is 33.8 Å². The lowest BCUT2D eigenvalue weighted by Gasteiger charge is -2.53. The maximum absolute atomic E-state index is 13.1. The van der Waals surface area contributed by atoms with Crippen LogP contribution < -0.4 is 0 Å².